The maximum atomic E-state index is 12.1. The highest BCUT2D eigenvalue weighted by atomic mass is 16.6. The second kappa shape index (κ2) is 10.1. The van der Waals surface area contributed by atoms with Gasteiger partial charge in [0, 0.05) is 24.4 Å². The molecule has 2 heterocycles. The van der Waals surface area contributed by atoms with Gasteiger partial charge >= 0.3 is 18.1 Å². The van der Waals surface area contributed by atoms with Crippen LogP contribution in [0.4, 0.5) is 15.4 Å². The number of carbonyl (C=O) groups is 3. The summed E-state index contributed by atoms with van der Waals surface area (Å²) in [6, 6.07) is 1.54. The Morgan fingerprint density at radius 1 is 1.31 bits per heavy atom. The molecule has 1 aliphatic rings. The average molecular weight is 410 g/mol. The second-order valence-corrected chi connectivity index (χ2v) is 7.62. The van der Waals surface area contributed by atoms with E-state index in [1.54, 1.807) is 6.92 Å². The summed E-state index contributed by atoms with van der Waals surface area (Å²) in [6.07, 6.45) is 0.196. The van der Waals surface area contributed by atoms with Gasteiger partial charge in [-0.15, -0.1) is 0 Å². The molecule has 1 aliphatic heterocycles. The summed E-state index contributed by atoms with van der Waals surface area (Å²) in [5.74, 6) is 0.172. The average Bonchev–Trinajstić information content (AvgIpc) is 2.98. The van der Waals surface area contributed by atoms with Gasteiger partial charge in [0.15, 0.2) is 0 Å². The van der Waals surface area contributed by atoms with Crippen LogP contribution in [-0.4, -0.2) is 59.9 Å². The Hall–Kier alpha value is -2.75. The van der Waals surface area contributed by atoms with Crippen LogP contribution >= 0.6 is 0 Å². The summed E-state index contributed by atoms with van der Waals surface area (Å²) >= 11 is 0. The Morgan fingerprint density at radius 2 is 2.07 bits per heavy atom. The normalized spacial score (nSPS) is 13.5. The number of aromatic nitrogens is 1. The number of anilines is 1. The third-order valence-electron chi connectivity index (χ3n) is 3.85. The number of fused-ring (bicyclic) bond motifs is 1. The molecule has 1 aromatic heterocycles. The van der Waals surface area contributed by atoms with Crippen LogP contribution in [-0.2, 0) is 32.2 Å². The van der Waals surface area contributed by atoms with E-state index in [1.807, 2.05) is 26.8 Å². The Kier molecular flexibility index (Phi) is 7.89. The zero-order chi connectivity index (χ0) is 21.4. The fourth-order valence-electron chi connectivity index (χ4n) is 2.69. The van der Waals surface area contributed by atoms with Crippen LogP contribution in [0.1, 0.15) is 45.4 Å². The van der Waals surface area contributed by atoms with E-state index in [0.29, 0.717) is 38.5 Å². The Morgan fingerprint density at radius 3 is 2.76 bits per heavy atom. The van der Waals surface area contributed by atoms with Crippen molar-refractivity contribution < 1.29 is 28.6 Å². The van der Waals surface area contributed by atoms with E-state index in [0.717, 1.165) is 11.3 Å². The number of nitrogens with zero attached hydrogens (tertiary/aromatic N) is 1. The molecule has 2 rings (SSSR count). The van der Waals surface area contributed by atoms with Crippen molar-refractivity contribution in [1.29, 1.82) is 0 Å². The van der Waals surface area contributed by atoms with Crippen molar-refractivity contribution in [2.24, 2.45) is 0 Å². The molecule has 0 fully saturated rings. The molecule has 0 bridgehead atoms. The first kappa shape index (κ1) is 22.5. The van der Waals surface area contributed by atoms with E-state index in [9.17, 15) is 14.4 Å². The molecular formula is C19H30N4O6. The lowest BCUT2D eigenvalue weighted by atomic mass is 10.2. The summed E-state index contributed by atoms with van der Waals surface area (Å²) in [5.41, 5.74) is 1.17. The number of aromatic amines is 1. The van der Waals surface area contributed by atoms with E-state index < -0.39 is 17.7 Å². The van der Waals surface area contributed by atoms with Crippen LogP contribution < -0.4 is 10.6 Å². The molecule has 10 nitrogen and oxygen atoms in total. The Labute approximate surface area is 170 Å². The molecule has 162 valence electrons. The van der Waals surface area contributed by atoms with Crippen LogP contribution in [0.15, 0.2) is 6.07 Å². The molecule has 0 radical (unpaired) electrons. The molecular weight excluding hydrogens is 380 g/mol. The number of hydrogen-bond acceptors (Lipinski definition) is 6. The van der Waals surface area contributed by atoms with Gasteiger partial charge in [-0.1, -0.05) is 0 Å². The molecule has 3 amide bonds. The van der Waals surface area contributed by atoms with E-state index in [4.69, 9.17) is 14.2 Å². The zero-order valence-corrected chi connectivity index (χ0v) is 17.4. The molecule has 3 N–H and O–H groups in total. The maximum absolute atomic E-state index is 12.1. The second-order valence-electron chi connectivity index (χ2n) is 7.62. The van der Waals surface area contributed by atoms with Crippen molar-refractivity contribution >= 4 is 23.9 Å². The van der Waals surface area contributed by atoms with Crippen LogP contribution in [0.25, 0.3) is 0 Å². The van der Waals surface area contributed by atoms with Gasteiger partial charge in [0.1, 0.15) is 18.0 Å². The molecule has 0 unspecified atom stereocenters. The third-order valence-corrected chi connectivity index (χ3v) is 3.85. The Balaban J connectivity index is 1.70. The fourth-order valence-corrected chi connectivity index (χ4v) is 2.69. The lowest BCUT2D eigenvalue weighted by Gasteiger charge is -2.26. The van der Waals surface area contributed by atoms with E-state index in [1.165, 1.54) is 4.90 Å². The van der Waals surface area contributed by atoms with Crippen molar-refractivity contribution in [2.75, 3.05) is 31.6 Å². The van der Waals surface area contributed by atoms with Gasteiger partial charge in [0.25, 0.3) is 0 Å². The third kappa shape index (κ3) is 7.65. The number of amides is 3. The largest absolute Gasteiger partial charge is 0.465 e. The molecule has 0 atom stereocenters. The first-order valence-electron chi connectivity index (χ1n) is 9.65. The predicted molar refractivity (Wildman–Crippen MR) is 105 cm³/mol. The standard InChI is InChI=1S/C19H30N4O6/c1-5-28-15(24)11-23-10-13-9-14(21-16(13)22-17(23)25)12-27-8-6-7-20-18(26)29-19(2,3)4/h9,21H,5-8,10-12H2,1-4H3,(H,20,26)(H,22,25). The minimum Gasteiger partial charge on any atom is -0.465 e. The predicted octanol–water partition coefficient (Wildman–Crippen LogP) is 2.36. The lowest BCUT2D eigenvalue weighted by Crippen LogP contribution is -2.41. The molecule has 0 aliphatic carbocycles. The number of H-pyrrole nitrogens is 1. The van der Waals surface area contributed by atoms with Crippen molar-refractivity contribution in [3.05, 3.63) is 17.3 Å². The highest BCUT2D eigenvalue weighted by molar-refractivity contribution is 5.93. The molecule has 10 heteroatoms. The Bertz CT molecular complexity index is 725. The number of hydrogen-bond donors (Lipinski definition) is 3. The van der Waals surface area contributed by atoms with Crippen LogP contribution in [0, 0.1) is 0 Å². The number of nitrogens with one attached hydrogen (secondary N) is 3. The van der Waals surface area contributed by atoms with Crippen LogP contribution in [0.2, 0.25) is 0 Å². The summed E-state index contributed by atoms with van der Waals surface area (Å²) in [5, 5.41) is 5.40. The van der Waals surface area contributed by atoms with Gasteiger partial charge in [-0.05, 0) is 40.2 Å². The van der Waals surface area contributed by atoms with Gasteiger partial charge in [-0.3, -0.25) is 10.1 Å². The van der Waals surface area contributed by atoms with Crippen molar-refractivity contribution in [1.82, 2.24) is 15.2 Å². The summed E-state index contributed by atoms with van der Waals surface area (Å²) in [7, 11) is 0. The van der Waals surface area contributed by atoms with Gasteiger partial charge in [0.2, 0.25) is 0 Å². The van der Waals surface area contributed by atoms with E-state index in [2.05, 4.69) is 15.6 Å². The first-order chi connectivity index (χ1) is 13.7. The number of esters is 1. The van der Waals surface area contributed by atoms with Crippen molar-refractivity contribution in [3.63, 3.8) is 0 Å². The monoisotopic (exact) mass is 410 g/mol. The number of rotatable bonds is 9. The van der Waals surface area contributed by atoms with Gasteiger partial charge in [-0.25, -0.2) is 9.59 Å². The first-order valence-corrected chi connectivity index (χ1v) is 9.65. The minimum atomic E-state index is -0.519. The quantitative estimate of drug-likeness (QED) is 0.424. The number of ether oxygens (including phenoxy) is 3. The smallest absolute Gasteiger partial charge is 0.407 e. The van der Waals surface area contributed by atoms with Crippen LogP contribution in [0.3, 0.4) is 0 Å². The highest BCUT2D eigenvalue weighted by Crippen LogP contribution is 2.24. The van der Waals surface area contributed by atoms with Crippen molar-refractivity contribution in [2.45, 2.75) is 52.9 Å². The SMILES string of the molecule is CCOC(=O)CN1Cc2cc(COCCCNC(=O)OC(C)(C)C)[nH]c2NC1=O. The van der Waals surface area contributed by atoms with Crippen LogP contribution in [0.5, 0.6) is 0 Å². The topological polar surface area (TPSA) is 122 Å². The van der Waals surface area contributed by atoms with E-state index in [-0.39, 0.29) is 19.2 Å². The van der Waals surface area contributed by atoms with Crippen molar-refractivity contribution in [3.8, 4) is 0 Å². The van der Waals surface area contributed by atoms with Gasteiger partial charge in [0.05, 0.1) is 19.8 Å². The summed E-state index contributed by atoms with van der Waals surface area (Å²) in [6.45, 7) is 8.90. The maximum Gasteiger partial charge on any atom is 0.407 e. The number of urea groups is 1. The zero-order valence-electron chi connectivity index (χ0n) is 17.4. The molecule has 0 saturated carbocycles. The number of alkyl carbamates (subject to hydrolysis) is 1. The molecule has 0 saturated heterocycles. The molecule has 0 aromatic carbocycles. The molecule has 29 heavy (non-hydrogen) atoms. The summed E-state index contributed by atoms with van der Waals surface area (Å²) < 4.78 is 15.6. The summed E-state index contributed by atoms with van der Waals surface area (Å²) in [4.78, 5) is 39.7. The fraction of sp³-hybridized carbons (Fsp3) is 0.632. The van der Waals surface area contributed by atoms with Gasteiger partial charge in [-0.2, -0.15) is 0 Å². The number of carbonyl (C=O) groups excluding carboxylic acids is 3. The minimum absolute atomic E-state index is 0.0965. The molecule has 0 spiro atoms. The molecule has 1 aromatic rings. The highest BCUT2D eigenvalue weighted by Gasteiger charge is 2.26. The van der Waals surface area contributed by atoms with E-state index >= 15 is 0 Å². The van der Waals surface area contributed by atoms with Gasteiger partial charge < -0.3 is 29.4 Å². The lowest BCUT2D eigenvalue weighted by molar-refractivity contribution is -0.143.